The molecule has 0 aliphatic rings. The third-order valence-electron chi connectivity index (χ3n) is 3.63. The Morgan fingerprint density at radius 2 is 1.80 bits per heavy atom. The zero-order valence-electron chi connectivity index (χ0n) is 14.4. The minimum atomic E-state index is -3.41. The van der Waals surface area contributed by atoms with Crippen molar-refractivity contribution in [3.63, 3.8) is 0 Å². The maximum Gasteiger partial charge on any atom is 0.255 e. The highest BCUT2D eigenvalue weighted by Crippen LogP contribution is 2.29. The average molecular weight is 364 g/mol. The highest BCUT2D eigenvalue weighted by molar-refractivity contribution is 7.92. The zero-order chi connectivity index (χ0) is 18.6. The Kier molecular flexibility index (Phi) is 5.53. The van der Waals surface area contributed by atoms with Gasteiger partial charge in [0.25, 0.3) is 5.91 Å². The summed E-state index contributed by atoms with van der Waals surface area (Å²) in [7, 11) is 1.05. The molecular weight excluding hydrogens is 344 g/mol. The molecular formula is C17H20N2O5S. The smallest absolute Gasteiger partial charge is 0.255 e. The second-order valence-corrected chi connectivity index (χ2v) is 7.31. The molecule has 0 aliphatic heterocycles. The standard InChI is InChI=1S/C17H20N2O5S/c1-19(25(4,21)22)13-7-5-6-12(10-13)17(20)18-15-9-8-14(23-2)11-16(15)24-3/h5-11H,1-4H3,(H,18,20). The van der Waals surface area contributed by atoms with Crippen molar-refractivity contribution in [3.05, 3.63) is 48.0 Å². The number of nitrogens with zero attached hydrogens (tertiary/aromatic N) is 1. The molecule has 1 amide bonds. The first-order valence-corrected chi connectivity index (χ1v) is 9.18. The first-order chi connectivity index (χ1) is 11.8. The number of amides is 1. The van der Waals surface area contributed by atoms with E-state index >= 15 is 0 Å². The van der Waals surface area contributed by atoms with Gasteiger partial charge in [-0.15, -0.1) is 0 Å². The van der Waals surface area contributed by atoms with Crippen LogP contribution in [0.3, 0.4) is 0 Å². The van der Waals surface area contributed by atoms with E-state index in [1.165, 1.54) is 27.3 Å². The van der Waals surface area contributed by atoms with Gasteiger partial charge in [0.2, 0.25) is 10.0 Å². The fourth-order valence-electron chi connectivity index (χ4n) is 2.13. The molecule has 0 saturated carbocycles. The SMILES string of the molecule is COc1ccc(NC(=O)c2cccc(N(C)S(C)(=O)=O)c2)c(OC)c1. The summed E-state index contributed by atoms with van der Waals surface area (Å²) in [6.07, 6.45) is 1.10. The van der Waals surface area contributed by atoms with Crippen molar-refractivity contribution in [2.24, 2.45) is 0 Å². The Morgan fingerprint density at radius 3 is 2.40 bits per heavy atom. The number of carbonyl (C=O) groups excluding carboxylic acids is 1. The van der Waals surface area contributed by atoms with Gasteiger partial charge in [-0.25, -0.2) is 8.42 Å². The summed E-state index contributed by atoms with van der Waals surface area (Å²) in [4.78, 5) is 12.5. The van der Waals surface area contributed by atoms with E-state index in [2.05, 4.69) is 5.32 Å². The molecule has 0 spiro atoms. The van der Waals surface area contributed by atoms with Crippen LogP contribution in [0, 0.1) is 0 Å². The first-order valence-electron chi connectivity index (χ1n) is 7.33. The third-order valence-corrected chi connectivity index (χ3v) is 4.83. The number of anilines is 2. The van der Waals surface area contributed by atoms with Gasteiger partial charge in [0.05, 0.1) is 31.9 Å². The molecule has 0 radical (unpaired) electrons. The van der Waals surface area contributed by atoms with Crippen molar-refractivity contribution in [2.75, 3.05) is 37.1 Å². The van der Waals surface area contributed by atoms with E-state index in [1.807, 2.05) is 0 Å². The molecule has 0 bridgehead atoms. The molecule has 2 rings (SSSR count). The molecule has 0 aromatic heterocycles. The average Bonchev–Trinajstić information content (AvgIpc) is 2.60. The van der Waals surface area contributed by atoms with Crippen molar-refractivity contribution < 1.29 is 22.7 Å². The summed E-state index contributed by atoms with van der Waals surface area (Å²) in [5.74, 6) is 0.677. The van der Waals surface area contributed by atoms with E-state index in [9.17, 15) is 13.2 Å². The van der Waals surface area contributed by atoms with Crippen LogP contribution in [0.2, 0.25) is 0 Å². The fraction of sp³-hybridized carbons (Fsp3) is 0.235. The lowest BCUT2D eigenvalue weighted by molar-refractivity contribution is 0.102. The van der Waals surface area contributed by atoms with Crippen LogP contribution in [0.5, 0.6) is 11.5 Å². The van der Waals surface area contributed by atoms with E-state index in [0.29, 0.717) is 28.4 Å². The van der Waals surface area contributed by atoms with Gasteiger partial charge < -0.3 is 14.8 Å². The number of hydrogen-bond donors (Lipinski definition) is 1. The summed E-state index contributed by atoms with van der Waals surface area (Å²) in [6, 6.07) is 11.4. The van der Waals surface area contributed by atoms with Gasteiger partial charge in [-0.3, -0.25) is 9.10 Å². The van der Waals surface area contributed by atoms with Gasteiger partial charge in [-0.2, -0.15) is 0 Å². The van der Waals surface area contributed by atoms with Crippen LogP contribution in [0.15, 0.2) is 42.5 Å². The van der Waals surface area contributed by atoms with Gasteiger partial charge >= 0.3 is 0 Å². The lowest BCUT2D eigenvalue weighted by Crippen LogP contribution is -2.25. The Bertz CT molecular complexity index is 880. The molecule has 0 fully saturated rings. The minimum absolute atomic E-state index is 0.325. The quantitative estimate of drug-likeness (QED) is 0.850. The summed E-state index contributed by atoms with van der Waals surface area (Å²) >= 11 is 0. The van der Waals surface area contributed by atoms with E-state index < -0.39 is 10.0 Å². The van der Waals surface area contributed by atoms with Gasteiger partial charge in [0.15, 0.2) is 0 Å². The Morgan fingerprint density at radius 1 is 1.08 bits per heavy atom. The number of sulfonamides is 1. The summed E-state index contributed by atoms with van der Waals surface area (Å²) in [6.45, 7) is 0. The molecule has 1 N–H and O–H groups in total. The topological polar surface area (TPSA) is 84.9 Å². The summed E-state index contributed by atoms with van der Waals surface area (Å²) in [5, 5.41) is 2.75. The fourth-order valence-corrected chi connectivity index (χ4v) is 2.63. The van der Waals surface area contributed by atoms with Crippen molar-refractivity contribution in [1.29, 1.82) is 0 Å². The molecule has 2 aromatic carbocycles. The highest BCUT2D eigenvalue weighted by Gasteiger charge is 2.15. The van der Waals surface area contributed by atoms with E-state index in [4.69, 9.17) is 9.47 Å². The van der Waals surface area contributed by atoms with Crippen LogP contribution in [0.4, 0.5) is 11.4 Å². The Hall–Kier alpha value is -2.74. The molecule has 0 heterocycles. The molecule has 2 aromatic rings. The lowest BCUT2D eigenvalue weighted by atomic mass is 10.1. The van der Waals surface area contributed by atoms with E-state index in [0.717, 1.165) is 10.6 Å². The van der Waals surface area contributed by atoms with Crippen molar-refractivity contribution in [1.82, 2.24) is 0 Å². The van der Waals surface area contributed by atoms with Crippen LogP contribution < -0.4 is 19.1 Å². The number of hydrogen-bond acceptors (Lipinski definition) is 5. The second-order valence-electron chi connectivity index (χ2n) is 5.30. The van der Waals surface area contributed by atoms with E-state index in [-0.39, 0.29) is 5.91 Å². The maximum atomic E-state index is 12.5. The zero-order valence-corrected chi connectivity index (χ0v) is 15.3. The van der Waals surface area contributed by atoms with Crippen LogP contribution in [0.25, 0.3) is 0 Å². The molecule has 8 heteroatoms. The number of ether oxygens (including phenoxy) is 2. The van der Waals surface area contributed by atoms with Gasteiger partial charge in [0, 0.05) is 18.7 Å². The van der Waals surface area contributed by atoms with Gasteiger partial charge in [0.1, 0.15) is 11.5 Å². The summed E-state index contributed by atoms with van der Waals surface area (Å²) < 4.78 is 34.8. The number of benzene rings is 2. The van der Waals surface area contributed by atoms with Crippen molar-refractivity contribution in [2.45, 2.75) is 0 Å². The minimum Gasteiger partial charge on any atom is -0.497 e. The van der Waals surface area contributed by atoms with Crippen molar-refractivity contribution >= 4 is 27.3 Å². The van der Waals surface area contributed by atoms with Gasteiger partial charge in [-0.05, 0) is 30.3 Å². The van der Waals surface area contributed by atoms with Crippen LogP contribution in [0.1, 0.15) is 10.4 Å². The highest BCUT2D eigenvalue weighted by atomic mass is 32.2. The monoisotopic (exact) mass is 364 g/mol. The Labute approximate surface area is 147 Å². The lowest BCUT2D eigenvalue weighted by Gasteiger charge is -2.17. The van der Waals surface area contributed by atoms with Crippen LogP contribution in [-0.2, 0) is 10.0 Å². The van der Waals surface area contributed by atoms with Gasteiger partial charge in [-0.1, -0.05) is 6.07 Å². The Balaban J connectivity index is 2.28. The molecule has 7 nitrogen and oxygen atoms in total. The molecule has 134 valence electrons. The molecule has 0 aliphatic carbocycles. The number of rotatable bonds is 6. The first kappa shape index (κ1) is 18.6. The normalized spacial score (nSPS) is 10.9. The number of methoxy groups -OCH3 is 2. The number of nitrogens with one attached hydrogen (secondary N) is 1. The predicted octanol–water partition coefficient (Wildman–Crippen LogP) is 2.35. The summed E-state index contributed by atoms with van der Waals surface area (Å²) in [5.41, 5.74) is 1.21. The second kappa shape index (κ2) is 7.43. The largest absolute Gasteiger partial charge is 0.497 e. The van der Waals surface area contributed by atoms with E-state index in [1.54, 1.807) is 36.4 Å². The molecule has 0 atom stereocenters. The predicted molar refractivity (Wildman–Crippen MR) is 97.2 cm³/mol. The maximum absolute atomic E-state index is 12.5. The third kappa shape index (κ3) is 4.42. The molecule has 0 unspecified atom stereocenters. The molecule has 0 saturated heterocycles. The molecule has 25 heavy (non-hydrogen) atoms. The van der Waals surface area contributed by atoms with Crippen molar-refractivity contribution in [3.8, 4) is 11.5 Å². The van der Waals surface area contributed by atoms with Crippen LogP contribution >= 0.6 is 0 Å². The number of carbonyl (C=O) groups is 1. The van der Waals surface area contributed by atoms with Crippen LogP contribution in [-0.4, -0.2) is 41.8 Å².